The first-order valence-electron chi connectivity index (χ1n) is 10.5. The molecule has 1 heterocycles. The molecule has 1 aliphatic heterocycles. The lowest BCUT2D eigenvalue weighted by Crippen LogP contribution is -2.40. The van der Waals surface area contributed by atoms with Crippen LogP contribution in [0.4, 0.5) is 0 Å². The van der Waals surface area contributed by atoms with Crippen LogP contribution in [-0.4, -0.2) is 44.0 Å². The van der Waals surface area contributed by atoms with Crippen LogP contribution in [0.15, 0.2) is 42.5 Å². The van der Waals surface area contributed by atoms with E-state index >= 15 is 0 Å². The van der Waals surface area contributed by atoms with Gasteiger partial charge in [0.25, 0.3) is 5.91 Å². The van der Waals surface area contributed by atoms with E-state index in [1.54, 1.807) is 25.3 Å². The molecule has 0 radical (unpaired) electrons. The third-order valence-electron chi connectivity index (χ3n) is 5.65. The molecule has 2 amide bonds. The quantitative estimate of drug-likeness (QED) is 0.658. The first-order valence-corrected chi connectivity index (χ1v) is 10.9. The van der Waals surface area contributed by atoms with E-state index in [1.165, 1.54) is 7.11 Å². The van der Waals surface area contributed by atoms with Crippen molar-refractivity contribution in [3.8, 4) is 11.5 Å². The van der Waals surface area contributed by atoms with E-state index in [1.807, 2.05) is 29.2 Å². The smallest absolute Gasteiger partial charge is 0.257 e. The highest BCUT2D eigenvalue weighted by Crippen LogP contribution is 2.32. The number of carbonyl (C=O) groups excluding carboxylic acids is 2. The Balaban J connectivity index is 1.53. The third-order valence-corrected chi connectivity index (χ3v) is 6.02. The Morgan fingerprint density at radius 2 is 1.94 bits per heavy atom. The first kappa shape index (κ1) is 22.9. The van der Waals surface area contributed by atoms with E-state index in [9.17, 15) is 9.59 Å². The van der Waals surface area contributed by atoms with Crippen molar-refractivity contribution >= 4 is 23.4 Å². The lowest BCUT2D eigenvalue weighted by Gasteiger charge is -2.33. The molecular weight excluding hydrogens is 416 g/mol. The number of amides is 2. The van der Waals surface area contributed by atoms with Crippen LogP contribution in [-0.2, 0) is 11.3 Å². The summed E-state index contributed by atoms with van der Waals surface area (Å²) in [6, 6.07) is 12.8. The molecule has 2 aromatic rings. The van der Waals surface area contributed by atoms with Crippen LogP contribution in [0.3, 0.4) is 0 Å². The highest BCUT2D eigenvalue weighted by atomic mass is 35.5. The number of methoxy groups -OCH3 is 2. The number of para-hydroxylation sites is 1. The van der Waals surface area contributed by atoms with Crippen LogP contribution >= 0.6 is 11.6 Å². The number of ether oxygens (including phenoxy) is 2. The predicted octanol–water partition coefficient (Wildman–Crippen LogP) is 4.31. The van der Waals surface area contributed by atoms with Gasteiger partial charge in [-0.15, -0.1) is 0 Å². The van der Waals surface area contributed by atoms with Gasteiger partial charge in [0, 0.05) is 31.1 Å². The summed E-state index contributed by atoms with van der Waals surface area (Å²) in [6.07, 6.45) is 3.10. The maximum atomic E-state index is 13.1. The van der Waals surface area contributed by atoms with Crippen molar-refractivity contribution in [2.45, 2.75) is 32.2 Å². The van der Waals surface area contributed by atoms with Crippen LogP contribution in [0, 0.1) is 5.92 Å². The van der Waals surface area contributed by atoms with Gasteiger partial charge < -0.3 is 19.7 Å². The lowest BCUT2D eigenvalue weighted by atomic mass is 9.92. The minimum Gasteiger partial charge on any atom is -0.493 e. The van der Waals surface area contributed by atoms with Gasteiger partial charge in [-0.05, 0) is 48.9 Å². The van der Waals surface area contributed by atoms with Crippen molar-refractivity contribution < 1.29 is 19.1 Å². The molecule has 6 nitrogen and oxygen atoms in total. The summed E-state index contributed by atoms with van der Waals surface area (Å²) in [4.78, 5) is 27.3. The van der Waals surface area contributed by atoms with Crippen molar-refractivity contribution in [1.29, 1.82) is 0 Å². The van der Waals surface area contributed by atoms with Gasteiger partial charge in [-0.3, -0.25) is 9.59 Å². The standard InChI is InChI=1S/C24H29ClN2O4/c1-30-21-11-5-9-19(23(21)31-2)24(29)27-14-6-7-17(16-27)12-13-22(28)26-15-18-8-3-4-10-20(18)25/h3-5,8-11,17H,6-7,12-16H2,1-2H3,(H,26,28)/t17-/m1/s1. The minimum atomic E-state index is -0.0661. The van der Waals surface area contributed by atoms with Crippen LogP contribution in [0.2, 0.25) is 5.02 Å². The van der Waals surface area contributed by atoms with Gasteiger partial charge in [-0.1, -0.05) is 35.9 Å². The number of likely N-dealkylation sites (tertiary alicyclic amines) is 1. The fourth-order valence-corrected chi connectivity index (χ4v) is 4.17. The van der Waals surface area contributed by atoms with Crippen LogP contribution < -0.4 is 14.8 Å². The van der Waals surface area contributed by atoms with E-state index in [4.69, 9.17) is 21.1 Å². The summed E-state index contributed by atoms with van der Waals surface area (Å²) in [5, 5.41) is 3.58. The number of halogens is 1. The molecule has 0 bridgehead atoms. The Morgan fingerprint density at radius 3 is 2.68 bits per heavy atom. The molecule has 0 saturated carbocycles. The Kier molecular flexibility index (Phi) is 8.18. The summed E-state index contributed by atoms with van der Waals surface area (Å²) >= 11 is 6.14. The van der Waals surface area contributed by atoms with Crippen LogP contribution in [0.1, 0.15) is 41.6 Å². The predicted molar refractivity (Wildman–Crippen MR) is 121 cm³/mol. The van der Waals surface area contributed by atoms with Crippen molar-refractivity contribution in [2.24, 2.45) is 5.92 Å². The number of rotatable bonds is 8. The van der Waals surface area contributed by atoms with Gasteiger partial charge in [0.2, 0.25) is 5.91 Å². The molecule has 1 fully saturated rings. The molecule has 31 heavy (non-hydrogen) atoms. The average Bonchev–Trinajstić information content (AvgIpc) is 2.81. The normalized spacial score (nSPS) is 16.0. The van der Waals surface area contributed by atoms with Crippen molar-refractivity contribution in [2.75, 3.05) is 27.3 Å². The molecular formula is C24H29ClN2O4. The molecule has 3 rings (SSSR count). The largest absolute Gasteiger partial charge is 0.493 e. The zero-order chi connectivity index (χ0) is 22.2. The van der Waals surface area contributed by atoms with E-state index in [-0.39, 0.29) is 11.8 Å². The zero-order valence-electron chi connectivity index (χ0n) is 18.0. The minimum absolute atomic E-state index is 0.00200. The van der Waals surface area contributed by atoms with Gasteiger partial charge in [0.15, 0.2) is 11.5 Å². The Hall–Kier alpha value is -2.73. The van der Waals surface area contributed by atoms with Gasteiger partial charge >= 0.3 is 0 Å². The number of carbonyl (C=O) groups is 2. The van der Waals surface area contributed by atoms with Gasteiger partial charge in [0.05, 0.1) is 19.8 Å². The lowest BCUT2D eigenvalue weighted by molar-refractivity contribution is -0.121. The summed E-state index contributed by atoms with van der Waals surface area (Å²) in [5.74, 6) is 1.22. The van der Waals surface area contributed by atoms with E-state index in [0.29, 0.717) is 54.1 Å². The fourth-order valence-electron chi connectivity index (χ4n) is 3.97. The van der Waals surface area contributed by atoms with Gasteiger partial charge in [-0.25, -0.2) is 0 Å². The second-order valence-electron chi connectivity index (χ2n) is 7.71. The van der Waals surface area contributed by atoms with Crippen LogP contribution in [0.25, 0.3) is 0 Å². The number of hydrogen-bond acceptors (Lipinski definition) is 4. The highest BCUT2D eigenvalue weighted by Gasteiger charge is 2.27. The van der Waals surface area contributed by atoms with E-state index < -0.39 is 0 Å². The summed E-state index contributed by atoms with van der Waals surface area (Å²) in [5.41, 5.74) is 1.40. The topological polar surface area (TPSA) is 67.9 Å². The summed E-state index contributed by atoms with van der Waals surface area (Å²) in [7, 11) is 3.09. The molecule has 166 valence electrons. The second-order valence-corrected chi connectivity index (χ2v) is 8.11. The second kappa shape index (κ2) is 11.0. The van der Waals surface area contributed by atoms with Crippen molar-refractivity contribution in [3.63, 3.8) is 0 Å². The molecule has 2 aromatic carbocycles. The highest BCUT2D eigenvalue weighted by molar-refractivity contribution is 6.31. The molecule has 7 heteroatoms. The summed E-state index contributed by atoms with van der Waals surface area (Å²) in [6.45, 7) is 1.76. The molecule has 0 unspecified atom stereocenters. The number of benzene rings is 2. The Labute approximate surface area is 188 Å². The van der Waals surface area contributed by atoms with E-state index in [2.05, 4.69) is 5.32 Å². The van der Waals surface area contributed by atoms with Gasteiger partial charge in [-0.2, -0.15) is 0 Å². The molecule has 0 aliphatic carbocycles. The maximum Gasteiger partial charge on any atom is 0.257 e. The number of nitrogens with zero attached hydrogens (tertiary/aromatic N) is 1. The zero-order valence-corrected chi connectivity index (χ0v) is 18.8. The van der Waals surface area contributed by atoms with Crippen molar-refractivity contribution in [1.82, 2.24) is 10.2 Å². The SMILES string of the molecule is COc1cccc(C(=O)N2CCC[C@H](CCC(=O)NCc3ccccc3Cl)C2)c1OC. The van der Waals surface area contributed by atoms with Crippen LogP contribution in [0.5, 0.6) is 11.5 Å². The Morgan fingerprint density at radius 1 is 1.13 bits per heavy atom. The monoisotopic (exact) mass is 444 g/mol. The molecule has 0 spiro atoms. The van der Waals surface area contributed by atoms with Gasteiger partial charge in [0.1, 0.15) is 0 Å². The molecule has 1 aliphatic rings. The van der Waals surface area contributed by atoms with E-state index in [0.717, 1.165) is 24.8 Å². The Bertz CT molecular complexity index is 918. The van der Waals surface area contributed by atoms with Crippen molar-refractivity contribution in [3.05, 3.63) is 58.6 Å². The third kappa shape index (κ3) is 5.91. The fraction of sp³-hybridized carbons (Fsp3) is 0.417. The number of nitrogens with one attached hydrogen (secondary N) is 1. The number of hydrogen-bond donors (Lipinski definition) is 1. The maximum absolute atomic E-state index is 13.1. The average molecular weight is 445 g/mol. The number of piperidine rings is 1. The summed E-state index contributed by atoms with van der Waals surface area (Å²) < 4.78 is 10.7. The molecule has 1 N–H and O–H groups in total. The molecule has 1 atom stereocenters. The molecule has 1 saturated heterocycles. The first-order chi connectivity index (χ1) is 15.0. The molecule has 0 aromatic heterocycles.